The smallest absolute Gasteiger partial charge is 0.408 e. The molecule has 0 saturated carbocycles. The highest BCUT2D eigenvalue weighted by Gasteiger charge is 2.25. The van der Waals surface area contributed by atoms with E-state index in [2.05, 4.69) is 31.2 Å². The number of nitrogens with one attached hydrogen (secondary N) is 2. The quantitative estimate of drug-likeness (QED) is 0.777. The molecular formula is C11H16BrN3O4. The second kappa shape index (κ2) is 6.05. The van der Waals surface area contributed by atoms with Crippen LogP contribution in [0.2, 0.25) is 0 Å². The molecule has 1 rings (SSSR count). The number of rotatable bonds is 4. The molecule has 0 aliphatic carbocycles. The predicted octanol–water partition coefficient (Wildman–Crippen LogP) is 1.69. The van der Waals surface area contributed by atoms with Crippen molar-refractivity contribution in [3.05, 3.63) is 16.6 Å². The number of hydrogen-bond acceptors (Lipinski definition) is 4. The van der Waals surface area contributed by atoms with Gasteiger partial charge in [0.25, 0.3) is 0 Å². The molecule has 1 atom stereocenters. The second-order valence-corrected chi connectivity index (χ2v) is 5.66. The molecular weight excluding hydrogens is 318 g/mol. The van der Waals surface area contributed by atoms with Gasteiger partial charge < -0.3 is 20.1 Å². The maximum Gasteiger partial charge on any atom is 0.408 e. The van der Waals surface area contributed by atoms with Gasteiger partial charge in [-0.1, -0.05) is 0 Å². The van der Waals surface area contributed by atoms with Gasteiger partial charge in [0.2, 0.25) is 0 Å². The molecule has 0 aliphatic heterocycles. The Morgan fingerprint density at radius 2 is 2.21 bits per heavy atom. The third kappa shape index (κ3) is 5.29. The van der Waals surface area contributed by atoms with Crippen LogP contribution in [0.4, 0.5) is 4.79 Å². The number of imidazole rings is 1. The lowest BCUT2D eigenvalue weighted by atomic mass is 10.1. The molecule has 3 N–H and O–H groups in total. The summed E-state index contributed by atoms with van der Waals surface area (Å²) in [7, 11) is 0. The van der Waals surface area contributed by atoms with Crippen molar-refractivity contribution < 1.29 is 19.4 Å². The summed E-state index contributed by atoms with van der Waals surface area (Å²) in [6.07, 6.45) is 0.747. The average Bonchev–Trinajstić information content (AvgIpc) is 2.60. The van der Waals surface area contributed by atoms with Crippen LogP contribution in [-0.2, 0) is 16.0 Å². The molecule has 0 aliphatic rings. The van der Waals surface area contributed by atoms with Crippen LogP contribution in [0.3, 0.4) is 0 Å². The third-order valence-electron chi connectivity index (χ3n) is 2.06. The van der Waals surface area contributed by atoms with Crippen LogP contribution in [0.15, 0.2) is 10.9 Å². The van der Waals surface area contributed by atoms with Gasteiger partial charge in [-0.2, -0.15) is 0 Å². The molecule has 0 fully saturated rings. The van der Waals surface area contributed by atoms with Crippen molar-refractivity contribution in [1.82, 2.24) is 15.3 Å². The first-order chi connectivity index (χ1) is 8.69. The summed E-state index contributed by atoms with van der Waals surface area (Å²) >= 11 is 3.18. The van der Waals surface area contributed by atoms with E-state index in [0.29, 0.717) is 10.3 Å². The number of carboxylic acids is 1. The first-order valence-corrected chi connectivity index (χ1v) is 6.38. The van der Waals surface area contributed by atoms with Gasteiger partial charge in [0.15, 0.2) is 0 Å². The number of hydrogen-bond donors (Lipinski definition) is 3. The minimum atomic E-state index is -1.15. The Labute approximate surface area is 118 Å². The molecule has 0 radical (unpaired) electrons. The molecule has 1 unspecified atom stereocenters. The largest absolute Gasteiger partial charge is 0.480 e. The number of amides is 1. The van der Waals surface area contributed by atoms with E-state index in [1.807, 2.05) is 0 Å². The summed E-state index contributed by atoms with van der Waals surface area (Å²) in [5, 5.41) is 11.4. The van der Waals surface area contributed by atoms with Gasteiger partial charge in [0.05, 0.1) is 12.0 Å². The zero-order chi connectivity index (χ0) is 14.6. The Morgan fingerprint density at radius 1 is 1.58 bits per heavy atom. The van der Waals surface area contributed by atoms with E-state index >= 15 is 0 Å². The Balaban J connectivity index is 2.67. The van der Waals surface area contributed by atoms with E-state index in [9.17, 15) is 9.59 Å². The Hall–Kier alpha value is -1.57. The summed E-state index contributed by atoms with van der Waals surface area (Å²) in [5.74, 6) is -1.15. The van der Waals surface area contributed by atoms with Gasteiger partial charge in [-0.25, -0.2) is 14.6 Å². The van der Waals surface area contributed by atoms with Gasteiger partial charge in [0.1, 0.15) is 16.2 Å². The highest BCUT2D eigenvalue weighted by atomic mass is 79.9. The molecule has 19 heavy (non-hydrogen) atoms. The molecule has 0 saturated heterocycles. The highest BCUT2D eigenvalue weighted by molar-refractivity contribution is 9.10. The fraction of sp³-hybridized carbons (Fsp3) is 0.545. The number of aromatic nitrogens is 2. The number of carbonyl (C=O) groups excluding carboxylic acids is 1. The topological polar surface area (TPSA) is 104 Å². The average molecular weight is 334 g/mol. The zero-order valence-electron chi connectivity index (χ0n) is 10.9. The number of halogens is 1. The number of aliphatic carboxylic acids is 1. The first kappa shape index (κ1) is 15.5. The normalized spacial score (nSPS) is 12.8. The number of nitrogens with zero attached hydrogens (tertiary/aromatic N) is 1. The lowest BCUT2D eigenvalue weighted by Gasteiger charge is -2.21. The molecule has 1 aromatic heterocycles. The number of carbonyl (C=O) groups is 2. The zero-order valence-corrected chi connectivity index (χ0v) is 12.4. The molecule has 7 nitrogen and oxygen atoms in total. The number of carboxylic acid groups (broad SMARTS) is 1. The minimum absolute atomic E-state index is 0.0785. The first-order valence-electron chi connectivity index (χ1n) is 5.59. The van der Waals surface area contributed by atoms with E-state index in [1.54, 1.807) is 20.8 Å². The van der Waals surface area contributed by atoms with Gasteiger partial charge in [0, 0.05) is 6.42 Å². The van der Waals surface area contributed by atoms with E-state index < -0.39 is 23.7 Å². The Kier molecular flexibility index (Phi) is 4.93. The summed E-state index contributed by atoms with van der Waals surface area (Å²) in [6, 6.07) is -1.09. The standard InChI is InChI=1S/C11H16BrN3O4/c1-11(2,3)19-10(18)15-7(9(16)17)4-6-8(12)14-5-13-6/h5,7H,4H2,1-3H3,(H,13,14)(H,15,18)(H,16,17). The van der Waals surface area contributed by atoms with Crippen molar-refractivity contribution in [3.8, 4) is 0 Å². The molecule has 0 spiro atoms. The van der Waals surface area contributed by atoms with Crippen LogP contribution in [-0.4, -0.2) is 38.8 Å². The Morgan fingerprint density at radius 3 is 2.63 bits per heavy atom. The van der Waals surface area contributed by atoms with Gasteiger partial charge in [-0.05, 0) is 36.7 Å². The van der Waals surface area contributed by atoms with Crippen LogP contribution in [0.5, 0.6) is 0 Å². The number of ether oxygens (including phenoxy) is 1. The van der Waals surface area contributed by atoms with Crippen molar-refractivity contribution in [3.63, 3.8) is 0 Å². The van der Waals surface area contributed by atoms with E-state index in [-0.39, 0.29) is 6.42 Å². The van der Waals surface area contributed by atoms with Crippen molar-refractivity contribution in [2.24, 2.45) is 0 Å². The molecule has 106 valence electrons. The number of alkyl carbamates (subject to hydrolysis) is 1. The minimum Gasteiger partial charge on any atom is -0.480 e. The summed E-state index contributed by atoms with van der Waals surface area (Å²) < 4.78 is 5.54. The monoisotopic (exact) mass is 333 g/mol. The van der Waals surface area contributed by atoms with Gasteiger partial charge in [-0.3, -0.25) is 0 Å². The third-order valence-corrected chi connectivity index (χ3v) is 2.75. The van der Waals surface area contributed by atoms with Gasteiger partial charge in [-0.15, -0.1) is 0 Å². The number of H-pyrrole nitrogens is 1. The van der Waals surface area contributed by atoms with Crippen molar-refractivity contribution >= 4 is 28.0 Å². The maximum atomic E-state index is 11.6. The van der Waals surface area contributed by atoms with E-state index in [1.165, 1.54) is 6.33 Å². The number of aromatic amines is 1. The molecule has 0 bridgehead atoms. The van der Waals surface area contributed by atoms with Crippen LogP contribution < -0.4 is 5.32 Å². The SMILES string of the molecule is CC(C)(C)OC(=O)NC(Cc1[nH]cnc1Br)C(=O)O. The predicted molar refractivity (Wildman–Crippen MR) is 70.8 cm³/mol. The summed E-state index contributed by atoms with van der Waals surface area (Å²) in [5.41, 5.74) is -0.0923. The Bertz CT molecular complexity index is 467. The maximum absolute atomic E-state index is 11.6. The van der Waals surface area contributed by atoms with Crippen molar-refractivity contribution in [1.29, 1.82) is 0 Å². The van der Waals surface area contributed by atoms with Crippen molar-refractivity contribution in [2.75, 3.05) is 0 Å². The molecule has 8 heteroatoms. The second-order valence-electron chi connectivity index (χ2n) is 4.91. The van der Waals surface area contributed by atoms with Crippen LogP contribution in [0.25, 0.3) is 0 Å². The molecule has 1 aromatic rings. The fourth-order valence-electron chi connectivity index (χ4n) is 1.30. The van der Waals surface area contributed by atoms with Crippen LogP contribution in [0.1, 0.15) is 26.5 Å². The van der Waals surface area contributed by atoms with Gasteiger partial charge >= 0.3 is 12.1 Å². The molecule has 1 heterocycles. The fourth-order valence-corrected chi connectivity index (χ4v) is 1.68. The highest BCUT2D eigenvalue weighted by Crippen LogP contribution is 2.13. The van der Waals surface area contributed by atoms with E-state index in [0.717, 1.165) is 0 Å². The van der Waals surface area contributed by atoms with Crippen LogP contribution >= 0.6 is 15.9 Å². The summed E-state index contributed by atoms with van der Waals surface area (Å²) in [4.78, 5) is 29.4. The summed E-state index contributed by atoms with van der Waals surface area (Å²) in [6.45, 7) is 5.11. The lowest BCUT2D eigenvalue weighted by Crippen LogP contribution is -2.44. The lowest BCUT2D eigenvalue weighted by molar-refractivity contribution is -0.139. The molecule has 1 amide bonds. The van der Waals surface area contributed by atoms with E-state index in [4.69, 9.17) is 9.84 Å². The molecule has 0 aromatic carbocycles. The van der Waals surface area contributed by atoms with Crippen molar-refractivity contribution in [2.45, 2.75) is 38.8 Å². The van der Waals surface area contributed by atoms with Crippen LogP contribution in [0, 0.1) is 0 Å².